The fraction of sp³-hybridized carbons (Fsp3) is 0.833. The fourth-order valence-electron chi connectivity index (χ4n) is 3.30. The van der Waals surface area contributed by atoms with Crippen LogP contribution in [0.15, 0.2) is 0 Å². The molecule has 1 aliphatic carbocycles. The molecule has 3 rings (SSSR count). The van der Waals surface area contributed by atoms with Crippen LogP contribution in [0.4, 0.5) is 13.2 Å². The minimum Gasteiger partial charge on any atom is -0.305 e. The third-order valence-corrected chi connectivity index (χ3v) is 6.90. The Kier molecular flexibility index (Phi) is 3.71. The third kappa shape index (κ3) is 2.41. The van der Waals surface area contributed by atoms with Crippen LogP contribution < -0.4 is 0 Å². The zero-order valence-corrected chi connectivity index (χ0v) is 12.9. The Morgan fingerprint density at radius 1 is 1.14 bits per heavy atom. The smallest absolute Gasteiger partial charge is 0.305 e. The van der Waals surface area contributed by atoms with Crippen molar-refractivity contribution in [3.05, 3.63) is 11.6 Å². The lowest BCUT2D eigenvalue weighted by Crippen LogP contribution is -2.45. The predicted molar refractivity (Wildman–Crippen MR) is 71.3 cm³/mol. The van der Waals surface area contributed by atoms with Crippen molar-refractivity contribution in [1.29, 1.82) is 0 Å². The van der Waals surface area contributed by atoms with E-state index in [0.29, 0.717) is 12.8 Å². The maximum absolute atomic E-state index is 12.9. The monoisotopic (exact) mass is 338 g/mol. The molecule has 1 atom stereocenters. The van der Waals surface area contributed by atoms with E-state index >= 15 is 0 Å². The van der Waals surface area contributed by atoms with Crippen LogP contribution in [0.1, 0.15) is 50.3 Å². The minimum absolute atomic E-state index is 0.0219. The van der Waals surface area contributed by atoms with Gasteiger partial charge in [0.05, 0.1) is 11.3 Å². The number of sulfonamides is 1. The molecule has 22 heavy (non-hydrogen) atoms. The van der Waals surface area contributed by atoms with Gasteiger partial charge in [0.15, 0.2) is 5.82 Å². The van der Waals surface area contributed by atoms with Gasteiger partial charge in [-0.25, -0.2) is 8.42 Å². The summed E-state index contributed by atoms with van der Waals surface area (Å²) in [6, 6.07) is -0.733. The first-order valence-electron chi connectivity index (χ1n) is 7.24. The van der Waals surface area contributed by atoms with Crippen molar-refractivity contribution >= 4 is 10.0 Å². The van der Waals surface area contributed by atoms with E-state index in [-0.39, 0.29) is 18.9 Å². The van der Waals surface area contributed by atoms with Gasteiger partial charge >= 0.3 is 6.18 Å². The largest absolute Gasteiger partial charge is 0.451 e. The average molecular weight is 338 g/mol. The topological polar surface area (TPSA) is 68.1 Å². The lowest BCUT2D eigenvalue weighted by Gasteiger charge is -2.34. The van der Waals surface area contributed by atoms with Gasteiger partial charge in [-0.15, -0.1) is 10.2 Å². The van der Waals surface area contributed by atoms with Crippen LogP contribution in [0, 0.1) is 0 Å². The first kappa shape index (κ1) is 15.7. The number of hydrogen-bond donors (Lipinski definition) is 0. The van der Waals surface area contributed by atoms with Gasteiger partial charge in [-0.2, -0.15) is 17.5 Å². The first-order valence-corrected chi connectivity index (χ1v) is 8.74. The van der Waals surface area contributed by atoms with Crippen LogP contribution in [0.5, 0.6) is 0 Å². The number of hydrogen-bond acceptors (Lipinski definition) is 4. The van der Waals surface area contributed by atoms with Crippen LogP contribution in [0.3, 0.4) is 0 Å². The normalized spacial score (nSPS) is 24.6. The van der Waals surface area contributed by atoms with Crippen LogP contribution in [-0.2, 0) is 22.7 Å². The van der Waals surface area contributed by atoms with E-state index in [9.17, 15) is 21.6 Å². The molecule has 0 N–H and O–H groups in total. The van der Waals surface area contributed by atoms with Gasteiger partial charge in [-0.1, -0.05) is 12.8 Å². The molecule has 0 radical (unpaired) electrons. The highest BCUT2D eigenvalue weighted by molar-refractivity contribution is 7.89. The molecule has 1 aromatic heterocycles. The Morgan fingerprint density at radius 2 is 1.77 bits per heavy atom. The zero-order chi connectivity index (χ0) is 16.1. The SMILES string of the molecule is CC1c2nnc(C(F)(F)F)n2CCN1S(=O)(=O)C1CCCC1. The second-order valence-electron chi connectivity index (χ2n) is 5.77. The highest BCUT2D eigenvalue weighted by Gasteiger charge is 2.44. The molecular weight excluding hydrogens is 321 g/mol. The van der Waals surface area contributed by atoms with Gasteiger partial charge in [0.2, 0.25) is 15.8 Å². The van der Waals surface area contributed by atoms with E-state index in [1.54, 1.807) is 6.92 Å². The number of rotatable bonds is 2. The molecule has 0 amide bonds. The lowest BCUT2D eigenvalue weighted by molar-refractivity contribution is -0.147. The van der Waals surface area contributed by atoms with Crippen LogP contribution in [0.25, 0.3) is 0 Å². The van der Waals surface area contributed by atoms with Crippen molar-refractivity contribution < 1.29 is 21.6 Å². The summed E-state index contributed by atoms with van der Waals surface area (Å²) in [7, 11) is -3.51. The number of halogens is 3. The first-order chi connectivity index (χ1) is 10.2. The quantitative estimate of drug-likeness (QED) is 0.826. The van der Waals surface area contributed by atoms with Crippen molar-refractivity contribution in [2.75, 3.05) is 6.54 Å². The van der Waals surface area contributed by atoms with Gasteiger partial charge in [0.1, 0.15) is 0 Å². The maximum Gasteiger partial charge on any atom is 0.451 e. The maximum atomic E-state index is 12.9. The molecule has 0 aromatic carbocycles. The van der Waals surface area contributed by atoms with E-state index in [1.165, 1.54) is 4.31 Å². The molecule has 0 bridgehead atoms. The Bertz CT molecular complexity index is 664. The molecule has 10 heteroatoms. The molecular formula is C12H17F3N4O2S. The number of nitrogens with zero attached hydrogens (tertiary/aromatic N) is 4. The second-order valence-corrected chi connectivity index (χ2v) is 7.93. The molecule has 1 aliphatic heterocycles. The van der Waals surface area contributed by atoms with Crippen molar-refractivity contribution in [2.24, 2.45) is 0 Å². The second kappa shape index (κ2) is 5.19. The summed E-state index contributed by atoms with van der Waals surface area (Å²) in [5.41, 5.74) is 0. The van der Waals surface area contributed by atoms with Crippen molar-refractivity contribution in [3.8, 4) is 0 Å². The zero-order valence-electron chi connectivity index (χ0n) is 12.0. The summed E-state index contributed by atoms with van der Waals surface area (Å²) in [6.07, 6.45) is -1.60. The summed E-state index contributed by atoms with van der Waals surface area (Å²) in [6.45, 7) is 1.51. The summed E-state index contributed by atoms with van der Waals surface area (Å²) in [5.74, 6) is -1.01. The molecule has 1 fully saturated rings. The number of aromatic nitrogens is 3. The van der Waals surface area contributed by atoms with Crippen LogP contribution in [-0.4, -0.2) is 39.3 Å². The number of fused-ring (bicyclic) bond motifs is 1. The highest BCUT2D eigenvalue weighted by Crippen LogP contribution is 2.36. The average Bonchev–Trinajstić information content (AvgIpc) is 3.08. The fourth-order valence-corrected chi connectivity index (χ4v) is 5.48. The summed E-state index contributed by atoms with van der Waals surface area (Å²) < 4.78 is 66.2. The molecule has 0 saturated heterocycles. The molecule has 0 spiro atoms. The molecule has 6 nitrogen and oxygen atoms in total. The van der Waals surface area contributed by atoms with E-state index in [2.05, 4.69) is 10.2 Å². The molecule has 2 aliphatic rings. The summed E-state index contributed by atoms with van der Waals surface area (Å²) in [5, 5.41) is 6.36. The van der Waals surface area contributed by atoms with Crippen molar-refractivity contribution in [2.45, 2.75) is 56.6 Å². The van der Waals surface area contributed by atoms with Crippen LogP contribution in [0.2, 0.25) is 0 Å². The molecule has 1 unspecified atom stereocenters. The summed E-state index contributed by atoms with van der Waals surface area (Å²) in [4.78, 5) is 0. The Hall–Kier alpha value is -1.16. The van der Waals surface area contributed by atoms with Crippen molar-refractivity contribution in [3.63, 3.8) is 0 Å². The van der Waals surface area contributed by atoms with E-state index in [1.807, 2.05) is 0 Å². The Balaban J connectivity index is 1.92. The van der Waals surface area contributed by atoms with E-state index in [4.69, 9.17) is 0 Å². The standard InChI is InChI=1S/C12H17F3N4O2S/c1-8-10-16-17-11(12(13,14)15)18(10)6-7-19(8)22(20,21)9-4-2-3-5-9/h8-9H,2-7H2,1H3. The van der Waals surface area contributed by atoms with E-state index < -0.39 is 33.3 Å². The van der Waals surface area contributed by atoms with E-state index in [0.717, 1.165) is 17.4 Å². The number of alkyl halides is 3. The molecule has 124 valence electrons. The van der Waals surface area contributed by atoms with Gasteiger partial charge in [0, 0.05) is 13.1 Å². The molecule has 2 heterocycles. The molecule has 1 saturated carbocycles. The van der Waals surface area contributed by atoms with Gasteiger partial charge in [-0.3, -0.25) is 0 Å². The Labute approximate surface area is 126 Å². The Morgan fingerprint density at radius 3 is 2.36 bits per heavy atom. The van der Waals surface area contributed by atoms with Gasteiger partial charge in [-0.05, 0) is 19.8 Å². The van der Waals surface area contributed by atoms with Gasteiger partial charge in [0.25, 0.3) is 0 Å². The molecule has 1 aromatic rings. The predicted octanol–water partition coefficient (Wildman–Crippen LogP) is 1.95. The minimum atomic E-state index is -4.59. The summed E-state index contributed by atoms with van der Waals surface area (Å²) >= 11 is 0. The van der Waals surface area contributed by atoms with Crippen LogP contribution >= 0.6 is 0 Å². The highest BCUT2D eigenvalue weighted by atomic mass is 32.2. The van der Waals surface area contributed by atoms with Gasteiger partial charge < -0.3 is 4.57 Å². The third-order valence-electron chi connectivity index (χ3n) is 4.43. The van der Waals surface area contributed by atoms with Crippen molar-refractivity contribution in [1.82, 2.24) is 19.1 Å². The lowest BCUT2D eigenvalue weighted by atomic mass is 10.2.